The van der Waals surface area contributed by atoms with E-state index in [9.17, 15) is 17.6 Å². The lowest BCUT2D eigenvalue weighted by Gasteiger charge is -2.30. The van der Waals surface area contributed by atoms with Gasteiger partial charge in [0.2, 0.25) is 15.9 Å². The largest absolute Gasteiger partial charge is 0.378 e. The highest BCUT2D eigenvalue weighted by molar-refractivity contribution is 7.89. The monoisotopic (exact) mass is 441 g/mol. The fourth-order valence-corrected chi connectivity index (χ4v) is 4.22. The quantitative estimate of drug-likeness (QED) is 0.689. The Bertz CT molecular complexity index is 981. The Labute approximate surface area is 173 Å². The number of rotatable bonds is 7. The maximum Gasteiger partial charge on any atom is 0.243 e. The van der Waals surface area contributed by atoms with Gasteiger partial charge >= 0.3 is 0 Å². The topological polar surface area (TPSA) is 87.7 Å². The zero-order chi connectivity index (χ0) is 20.9. The van der Waals surface area contributed by atoms with Gasteiger partial charge in [0.15, 0.2) is 0 Å². The third kappa shape index (κ3) is 5.66. The lowest BCUT2D eigenvalue weighted by atomic mass is 10.2. The fourth-order valence-electron chi connectivity index (χ4n) is 2.94. The zero-order valence-corrected chi connectivity index (χ0v) is 17.1. The highest BCUT2D eigenvalue weighted by atomic mass is 35.5. The molecule has 0 atom stereocenters. The molecule has 0 aliphatic carbocycles. The number of ether oxygens (including phenoxy) is 1. The van der Waals surface area contributed by atoms with E-state index in [1.807, 2.05) is 6.07 Å². The highest BCUT2D eigenvalue weighted by Gasteiger charge is 2.19. The van der Waals surface area contributed by atoms with Gasteiger partial charge < -0.3 is 15.0 Å². The van der Waals surface area contributed by atoms with Crippen molar-refractivity contribution < 1.29 is 22.3 Å². The van der Waals surface area contributed by atoms with Crippen LogP contribution in [0.2, 0.25) is 5.02 Å². The van der Waals surface area contributed by atoms with Crippen LogP contribution in [0.5, 0.6) is 0 Å². The summed E-state index contributed by atoms with van der Waals surface area (Å²) in [5, 5.41) is 3.24. The van der Waals surface area contributed by atoms with Crippen LogP contribution in [0.25, 0.3) is 0 Å². The molecular weight excluding hydrogens is 421 g/mol. The Morgan fingerprint density at radius 3 is 2.62 bits per heavy atom. The number of carbonyl (C=O) groups excluding carboxylic acids is 1. The number of hydrogen-bond donors (Lipinski definition) is 2. The van der Waals surface area contributed by atoms with E-state index >= 15 is 0 Å². The van der Waals surface area contributed by atoms with Gasteiger partial charge in [-0.3, -0.25) is 4.79 Å². The van der Waals surface area contributed by atoms with Gasteiger partial charge in [0.05, 0.1) is 24.6 Å². The highest BCUT2D eigenvalue weighted by Crippen LogP contribution is 2.30. The average Bonchev–Trinajstić information content (AvgIpc) is 2.69. The summed E-state index contributed by atoms with van der Waals surface area (Å²) in [6.45, 7) is 2.39. The van der Waals surface area contributed by atoms with Gasteiger partial charge in [-0.05, 0) is 30.3 Å². The van der Waals surface area contributed by atoms with Crippen molar-refractivity contribution in [2.75, 3.05) is 43.1 Å². The van der Waals surface area contributed by atoms with Crippen molar-refractivity contribution in [1.82, 2.24) is 4.72 Å². The number of nitrogens with zero attached hydrogens (tertiary/aromatic N) is 1. The molecule has 3 rings (SSSR count). The SMILES string of the molecule is O=C(CCNS(=O)(=O)c1ccccc1F)Nc1cc(Cl)ccc1N1CCOCC1. The number of amides is 1. The van der Waals surface area contributed by atoms with Crippen molar-refractivity contribution in [2.24, 2.45) is 0 Å². The average molecular weight is 442 g/mol. The van der Waals surface area contributed by atoms with Gasteiger partial charge in [0.25, 0.3) is 0 Å². The molecular formula is C19H21ClFN3O4S. The van der Waals surface area contributed by atoms with Gasteiger partial charge in [-0.2, -0.15) is 0 Å². The Morgan fingerprint density at radius 1 is 1.17 bits per heavy atom. The van der Waals surface area contributed by atoms with Gasteiger partial charge in [-0.25, -0.2) is 17.5 Å². The predicted octanol–water partition coefficient (Wildman–Crippen LogP) is 2.62. The molecule has 10 heteroatoms. The summed E-state index contributed by atoms with van der Waals surface area (Å²) in [6, 6.07) is 10.3. The third-order valence-electron chi connectivity index (χ3n) is 4.35. The van der Waals surface area contributed by atoms with Crippen LogP contribution in [-0.2, 0) is 19.6 Å². The van der Waals surface area contributed by atoms with Crippen molar-refractivity contribution in [2.45, 2.75) is 11.3 Å². The molecule has 156 valence electrons. The van der Waals surface area contributed by atoms with Crippen LogP contribution in [0.1, 0.15) is 6.42 Å². The van der Waals surface area contributed by atoms with E-state index < -0.39 is 26.6 Å². The molecule has 0 spiro atoms. The molecule has 1 saturated heterocycles. The van der Waals surface area contributed by atoms with Gasteiger partial charge in [-0.15, -0.1) is 0 Å². The van der Waals surface area contributed by atoms with Crippen molar-refractivity contribution in [3.63, 3.8) is 0 Å². The molecule has 2 aromatic rings. The Kier molecular flexibility index (Phi) is 7.07. The predicted molar refractivity (Wildman–Crippen MR) is 109 cm³/mol. The summed E-state index contributed by atoms with van der Waals surface area (Å²) in [5.41, 5.74) is 1.36. The molecule has 0 bridgehead atoms. The lowest BCUT2D eigenvalue weighted by Crippen LogP contribution is -2.36. The number of carbonyl (C=O) groups is 1. The maximum absolute atomic E-state index is 13.7. The molecule has 1 aliphatic heterocycles. The van der Waals surface area contributed by atoms with E-state index in [1.165, 1.54) is 12.1 Å². The van der Waals surface area contributed by atoms with Crippen molar-refractivity contribution in [1.29, 1.82) is 0 Å². The lowest BCUT2D eigenvalue weighted by molar-refractivity contribution is -0.116. The Hall–Kier alpha value is -2.20. The molecule has 1 fully saturated rings. The Morgan fingerprint density at radius 2 is 1.90 bits per heavy atom. The number of anilines is 2. The maximum atomic E-state index is 13.7. The van der Waals surface area contributed by atoms with E-state index in [2.05, 4.69) is 14.9 Å². The van der Waals surface area contributed by atoms with E-state index in [4.69, 9.17) is 16.3 Å². The van der Waals surface area contributed by atoms with E-state index in [0.29, 0.717) is 37.0 Å². The molecule has 1 aliphatic rings. The van der Waals surface area contributed by atoms with Crippen LogP contribution >= 0.6 is 11.6 Å². The fraction of sp³-hybridized carbons (Fsp3) is 0.316. The summed E-state index contributed by atoms with van der Waals surface area (Å²) < 4.78 is 45.6. The van der Waals surface area contributed by atoms with Crippen LogP contribution in [0.3, 0.4) is 0 Å². The van der Waals surface area contributed by atoms with Gasteiger partial charge in [0, 0.05) is 31.1 Å². The second-order valence-corrected chi connectivity index (χ2v) is 8.56. The van der Waals surface area contributed by atoms with Crippen LogP contribution in [0.15, 0.2) is 47.4 Å². The third-order valence-corrected chi connectivity index (χ3v) is 6.08. The number of halogens is 2. The minimum absolute atomic E-state index is 0.122. The minimum Gasteiger partial charge on any atom is -0.378 e. The number of hydrogen-bond acceptors (Lipinski definition) is 5. The first-order chi connectivity index (χ1) is 13.9. The van der Waals surface area contributed by atoms with Crippen molar-refractivity contribution >= 4 is 38.9 Å². The molecule has 0 saturated carbocycles. The molecule has 1 amide bonds. The van der Waals surface area contributed by atoms with Crippen LogP contribution in [0.4, 0.5) is 15.8 Å². The van der Waals surface area contributed by atoms with E-state index in [0.717, 1.165) is 17.8 Å². The van der Waals surface area contributed by atoms with Crippen molar-refractivity contribution in [3.8, 4) is 0 Å². The summed E-state index contributed by atoms with van der Waals surface area (Å²) in [6.07, 6.45) is -0.122. The molecule has 2 N–H and O–H groups in total. The minimum atomic E-state index is -4.04. The first-order valence-corrected chi connectivity index (χ1v) is 10.9. The summed E-state index contributed by atoms with van der Waals surface area (Å²) in [7, 11) is -4.04. The number of morpholine rings is 1. The van der Waals surface area contributed by atoms with Crippen LogP contribution in [-0.4, -0.2) is 47.2 Å². The normalized spacial score (nSPS) is 14.6. The number of sulfonamides is 1. The standard InChI is InChI=1S/C19H21ClFN3O4S/c20-14-5-6-17(24-9-11-28-12-10-24)16(13-14)23-19(25)7-8-22-29(26,27)18-4-2-1-3-15(18)21/h1-6,13,22H,7-12H2,(H,23,25). The number of nitrogens with one attached hydrogen (secondary N) is 2. The van der Waals surface area contributed by atoms with Crippen LogP contribution in [0, 0.1) is 5.82 Å². The van der Waals surface area contributed by atoms with E-state index in [1.54, 1.807) is 12.1 Å². The first-order valence-electron chi connectivity index (χ1n) is 9.03. The summed E-state index contributed by atoms with van der Waals surface area (Å²) in [4.78, 5) is 14.0. The smallest absolute Gasteiger partial charge is 0.243 e. The molecule has 2 aromatic carbocycles. The number of benzene rings is 2. The second-order valence-electron chi connectivity index (χ2n) is 6.39. The van der Waals surface area contributed by atoms with Gasteiger partial charge in [-0.1, -0.05) is 23.7 Å². The van der Waals surface area contributed by atoms with E-state index in [-0.39, 0.29) is 13.0 Å². The van der Waals surface area contributed by atoms with Crippen LogP contribution < -0.4 is 14.9 Å². The molecule has 1 heterocycles. The molecule has 0 radical (unpaired) electrons. The second kappa shape index (κ2) is 9.53. The summed E-state index contributed by atoms with van der Waals surface area (Å²) >= 11 is 6.06. The molecule has 0 aromatic heterocycles. The van der Waals surface area contributed by atoms with Crippen molar-refractivity contribution in [3.05, 3.63) is 53.3 Å². The zero-order valence-electron chi connectivity index (χ0n) is 15.5. The first kappa shape index (κ1) is 21.5. The molecule has 7 nitrogen and oxygen atoms in total. The van der Waals surface area contributed by atoms with Gasteiger partial charge in [0.1, 0.15) is 10.7 Å². The molecule has 0 unspecified atom stereocenters. The summed E-state index contributed by atoms with van der Waals surface area (Å²) in [5.74, 6) is -1.24. The molecule has 29 heavy (non-hydrogen) atoms. The Balaban J connectivity index is 1.61.